The molecule has 1 unspecified atom stereocenters. The molecule has 1 aromatic rings. The molecule has 0 aromatic heterocycles. The number of amides is 1. The molecule has 4 nitrogen and oxygen atoms in total. The molecule has 1 atom stereocenters. The Labute approximate surface area is 149 Å². The van der Waals surface area contributed by atoms with Gasteiger partial charge in [0.25, 0.3) is 0 Å². The third-order valence-electron chi connectivity index (χ3n) is 3.29. The summed E-state index contributed by atoms with van der Waals surface area (Å²) in [6.07, 6.45) is 0.564. The molecule has 0 saturated carbocycles. The van der Waals surface area contributed by atoms with Gasteiger partial charge in [-0.15, -0.1) is 0 Å². The molecule has 1 rings (SSSR count). The van der Waals surface area contributed by atoms with Crippen LogP contribution in [0.25, 0.3) is 0 Å². The van der Waals surface area contributed by atoms with Gasteiger partial charge in [-0.2, -0.15) is 0 Å². The van der Waals surface area contributed by atoms with E-state index in [0.29, 0.717) is 23.1 Å². The van der Waals surface area contributed by atoms with E-state index in [-0.39, 0.29) is 12.1 Å². The minimum atomic E-state index is -0.485. The Balaban J connectivity index is 2.53. The van der Waals surface area contributed by atoms with Gasteiger partial charge in [-0.25, -0.2) is 4.79 Å². The number of halogens is 2. The molecule has 1 N–H and O–H groups in total. The molecule has 0 spiro atoms. The SMILES string of the molecule is CCC(NCCN(C)C(=O)OC(C)(C)C)c1ccc(Cl)cc1Cl. The molecule has 0 aliphatic rings. The fourth-order valence-electron chi connectivity index (χ4n) is 2.10. The van der Waals surface area contributed by atoms with Crippen LogP contribution in [0.1, 0.15) is 45.7 Å². The molecule has 23 heavy (non-hydrogen) atoms. The Hall–Kier alpha value is -0.970. The molecule has 0 aliphatic carbocycles. The van der Waals surface area contributed by atoms with Crippen molar-refractivity contribution in [3.05, 3.63) is 33.8 Å². The van der Waals surface area contributed by atoms with Crippen LogP contribution in [-0.2, 0) is 4.74 Å². The summed E-state index contributed by atoms with van der Waals surface area (Å²) in [7, 11) is 1.73. The van der Waals surface area contributed by atoms with Gasteiger partial charge in [-0.1, -0.05) is 36.2 Å². The quantitative estimate of drug-likeness (QED) is 0.784. The van der Waals surface area contributed by atoms with Gasteiger partial charge in [0.15, 0.2) is 0 Å². The number of carbonyl (C=O) groups excluding carboxylic acids is 1. The number of rotatable bonds is 6. The van der Waals surface area contributed by atoms with Crippen molar-refractivity contribution in [2.45, 2.75) is 45.8 Å². The summed E-state index contributed by atoms with van der Waals surface area (Å²) in [6.45, 7) is 8.84. The highest BCUT2D eigenvalue weighted by Crippen LogP contribution is 2.27. The summed E-state index contributed by atoms with van der Waals surface area (Å²) in [5, 5.41) is 4.69. The van der Waals surface area contributed by atoms with Crippen molar-refractivity contribution in [2.75, 3.05) is 20.1 Å². The first-order valence-corrected chi connectivity index (χ1v) is 8.52. The summed E-state index contributed by atoms with van der Waals surface area (Å²) in [5.74, 6) is 0. The Kier molecular flexibility index (Phi) is 7.65. The highest BCUT2D eigenvalue weighted by atomic mass is 35.5. The molecule has 130 valence electrons. The van der Waals surface area contributed by atoms with Crippen LogP contribution in [0.15, 0.2) is 18.2 Å². The van der Waals surface area contributed by atoms with E-state index in [1.807, 2.05) is 32.9 Å². The molecule has 0 radical (unpaired) electrons. The van der Waals surface area contributed by atoms with Gasteiger partial charge in [0.1, 0.15) is 5.60 Å². The lowest BCUT2D eigenvalue weighted by Crippen LogP contribution is -2.38. The largest absolute Gasteiger partial charge is 0.444 e. The van der Waals surface area contributed by atoms with Crippen LogP contribution in [0.3, 0.4) is 0 Å². The second-order valence-electron chi connectivity index (χ2n) is 6.48. The highest BCUT2D eigenvalue weighted by molar-refractivity contribution is 6.35. The van der Waals surface area contributed by atoms with Gasteiger partial charge in [0, 0.05) is 36.2 Å². The van der Waals surface area contributed by atoms with Crippen molar-refractivity contribution in [1.82, 2.24) is 10.2 Å². The summed E-state index contributed by atoms with van der Waals surface area (Å²) in [5.41, 5.74) is 0.528. The predicted molar refractivity (Wildman–Crippen MR) is 96.4 cm³/mol. The highest BCUT2D eigenvalue weighted by Gasteiger charge is 2.19. The summed E-state index contributed by atoms with van der Waals surface area (Å²) in [6, 6.07) is 5.63. The molecule has 1 amide bonds. The fraction of sp³-hybridized carbons (Fsp3) is 0.588. The van der Waals surface area contributed by atoms with Crippen molar-refractivity contribution >= 4 is 29.3 Å². The fourth-order valence-corrected chi connectivity index (χ4v) is 2.64. The molecule has 0 bridgehead atoms. The zero-order valence-electron chi connectivity index (χ0n) is 14.5. The van der Waals surface area contributed by atoms with Crippen LogP contribution in [0.5, 0.6) is 0 Å². The van der Waals surface area contributed by atoms with E-state index in [9.17, 15) is 4.79 Å². The van der Waals surface area contributed by atoms with Gasteiger partial charge < -0.3 is 15.0 Å². The second-order valence-corrected chi connectivity index (χ2v) is 7.33. The number of hydrogen-bond acceptors (Lipinski definition) is 3. The van der Waals surface area contributed by atoms with Gasteiger partial charge in [0.05, 0.1) is 0 Å². The molecule has 0 heterocycles. The maximum atomic E-state index is 11.9. The number of nitrogens with one attached hydrogen (secondary N) is 1. The van der Waals surface area contributed by atoms with Crippen LogP contribution in [-0.4, -0.2) is 36.7 Å². The number of benzene rings is 1. The third-order valence-corrected chi connectivity index (χ3v) is 3.85. The maximum absolute atomic E-state index is 11.9. The Bertz CT molecular complexity index is 530. The summed E-state index contributed by atoms with van der Waals surface area (Å²) in [4.78, 5) is 13.5. The van der Waals surface area contributed by atoms with Crippen LogP contribution < -0.4 is 5.32 Å². The maximum Gasteiger partial charge on any atom is 0.410 e. The first kappa shape index (κ1) is 20.1. The van der Waals surface area contributed by atoms with E-state index in [2.05, 4.69) is 12.2 Å². The minimum absolute atomic E-state index is 0.117. The number of ether oxygens (including phenoxy) is 1. The molecule has 1 aromatic carbocycles. The molecule has 0 fully saturated rings. The van der Waals surface area contributed by atoms with Gasteiger partial charge in [0.2, 0.25) is 0 Å². The second kappa shape index (κ2) is 8.76. The van der Waals surface area contributed by atoms with E-state index in [0.717, 1.165) is 12.0 Å². The van der Waals surface area contributed by atoms with Crippen molar-refractivity contribution in [2.24, 2.45) is 0 Å². The minimum Gasteiger partial charge on any atom is -0.444 e. The molecular formula is C17H26Cl2N2O2. The molecule has 0 aliphatic heterocycles. The number of likely N-dealkylation sites (N-methyl/N-ethyl adjacent to an activating group) is 1. The molecular weight excluding hydrogens is 335 g/mol. The standard InChI is InChI=1S/C17H26Cl2N2O2/c1-6-15(13-8-7-12(18)11-14(13)19)20-9-10-21(5)16(22)23-17(2,3)4/h7-8,11,15,20H,6,9-10H2,1-5H3. The van der Waals surface area contributed by atoms with Gasteiger partial charge in [-0.3, -0.25) is 0 Å². The average Bonchev–Trinajstić information content (AvgIpc) is 2.42. The zero-order valence-corrected chi connectivity index (χ0v) is 16.0. The lowest BCUT2D eigenvalue weighted by molar-refractivity contribution is 0.0299. The smallest absolute Gasteiger partial charge is 0.410 e. The van der Waals surface area contributed by atoms with E-state index in [1.165, 1.54) is 0 Å². The lowest BCUT2D eigenvalue weighted by atomic mass is 10.0. The topological polar surface area (TPSA) is 41.6 Å². The Morgan fingerprint density at radius 3 is 2.52 bits per heavy atom. The first-order valence-electron chi connectivity index (χ1n) is 7.76. The van der Waals surface area contributed by atoms with Crippen molar-refractivity contribution < 1.29 is 9.53 Å². The van der Waals surface area contributed by atoms with Crippen LogP contribution in [0, 0.1) is 0 Å². The van der Waals surface area contributed by atoms with Crippen LogP contribution in [0.2, 0.25) is 10.0 Å². The summed E-state index contributed by atoms with van der Waals surface area (Å²) >= 11 is 12.2. The van der Waals surface area contributed by atoms with Gasteiger partial charge in [-0.05, 0) is 44.9 Å². The van der Waals surface area contributed by atoms with Gasteiger partial charge >= 0.3 is 6.09 Å². The molecule has 6 heteroatoms. The number of hydrogen-bond donors (Lipinski definition) is 1. The van der Waals surface area contributed by atoms with Crippen LogP contribution in [0.4, 0.5) is 4.79 Å². The zero-order chi connectivity index (χ0) is 17.6. The van der Waals surface area contributed by atoms with Crippen molar-refractivity contribution in [1.29, 1.82) is 0 Å². The average molecular weight is 361 g/mol. The van der Waals surface area contributed by atoms with E-state index >= 15 is 0 Å². The monoisotopic (exact) mass is 360 g/mol. The van der Waals surface area contributed by atoms with Crippen molar-refractivity contribution in [3.8, 4) is 0 Å². The van der Waals surface area contributed by atoms with E-state index < -0.39 is 5.60 Å². The van der Waals surface area contributed by atoms with Crippen LogP contribution >= 0.6 is 23.2 Å². The summed E-state index contributed by atoms with van der Waals surface area (Å²) < 4.78 is 5.32. The van der Waals surface area contributed by atoms with E-state index in [4.69, 9.17) is 27.9 Å². The predicted octanol–water partition coefficient (Wildman–Crippen LogP) is 4.90. The normalized spacial score (nSPS) is 12.8. The first-order chi connectivity index (χ1) is 10.6. The van der Waals surface area contributed by atoms with Crippen molar-refractivity contribution in [3.63, 3.8) is 0 Å². The van der Waals surface area contributed by atoms with E-state index in [1.54, 1.807) is 18.0 Å². The number of carbonyl (C=O) groups is 1. The lowest BCUT2D eigenvalue weighted by Gasteiger charge is -2.25. The molecule has 0 saturated heterocycles. The number of nitrogens with zero attached hydrogens (tertiary/aromatic N) is 1. The Morgan fingerprint density at radius 2 is 2.00 bits per heavy atom. The third kappa shape index (κ3) is 6.98. The Morgan fingerprint density at radius 1 is 1.35 bits per heavy atom.